The molecule has 2 aromatic carbocycles. The molecule has 1 aliphatic rings. The molecule has 3 rings (SSSR count). The van der Waals surface area contributed by atoms with Crippen LogP contribution in [0.3, 0.4) is 0 Å². The van der Waals surface area contributed by atoms with Gasteiger partial charge in [-0.15, -0.1) is 0 Å². The molecule has 102 valence electrons. The molecule has 20 heavy (non-hydrogen) atoms. The van der Waals surface area contributed by atoms with E-state index in [1.54, 1.807) is 18.2 Å². The fraction of sp³-hybridized carbons (Fsp3) is 0.133. The summed E-state index contributed by atoms with van der Waals surface area (Å²) < 4.78 is 19.1. The van der Waals surface area contributed by atoms with Gasteiger partial charge in [-0.05, 0) is 24.3 Å². The number of carbonyl (C=O) groups is 1. The Bertz CT molecular complexity index is 645. The Morgan fingerprint density at radius 1 is 1.20 bits per heavy atom. The normalized spacial score (nSPS) is 16.6. The third kappa shape index (κ3) is 2.42. The summed E-state index contributed by atoms with van der Waals surface area (Å²) in [4.78, 5) is 12.1. The molecule has 1 unspecified atom stereocenters. The first-order valence-electron chi connectivity index (χ1n) is 6.29. The highest BCUT2D eigenvalue weighted by Gasteiger charge is 2.26. The zero-order chi connectivity index (χ0) is 13.9. The molecule has 4 nitrogen and oxygen atoms in total. The quantitative estimate of drug-likeness (QED) is 0.883. The molecule has 0 spiro atoms. The van der Waals surface area contributed by atoms with Crippen LogP contribution in [-0.4, -0.2) is 18.6 Å². The number of fused-ring (bicyclic) bond motifs is 1. The second kappa shape index (κ2) is 5.21. The SMILES string of the molecule is O=C(Nc1ccccc1F)C1CNc2ccccc2O1. The average molecular weight is 272 g/mol. The van der Waals surface area contributed by atoms with Crippen molar-refractivity contribution in [2.45, 2.75) is 6.10 Å². The van der Waals surface area contributed by atoms with Crippen LogP contribution in [0.15, 0.2) is 48.5 Å². The fourth-order valence-electron chi connectivity index (χ4n) is 2.04. The number of rotatable bonds is 2. The highest BCUT2D eigenvalue weighted by molar-refractivity contribution is 5.95. The maximum Gasteiger partial charge on any atom is 0.267 e. The van der Waals surface area contributed by atoms with Gasteiger partial charge in [-0.2, -0.15) is 0 Å². The number of halogens is 1. The van der Waals surface area contributed by atoms with Crippen molar-refractivity contribution in [1.82, 2.24) is 0 Å². The number of benzene rings is 2. The molecular weight excluding hydrogens is 259 g/mol. The zero-order valence-corrected chi connectivity index (χ0v) is 10.6. The van der Waals surface area contributed by atoms with Crippen LogP contribution in [0, 0.1) is 5.82 Å². The largest absolute Gasteiger partial charge is 0.477 e. The lowest BCUT2D eigenvalue weighted by Gasteiger charge is -2.26. The van der Waals surface area contributed by atoms with Crippen molar-refractivity contribution in [2.75, 3.05) is 17.2 Å². The van der Waals surface area contributed by atoms with E-state index in [1.807, 2.05) is 18.2 Å². The Kier molecular flexibility index (Phi) is 3.25. The minimum Gasteiger partial charge on any atom is -0.477 e. The van der Waals surface area contributed by atoms with Gasteiger partial charge in [0.25, 0.3) is 5.91 Å². The molecule has 2 aromatic rings. The maximum absolute atomic E-state index is 13.5. The van der Waals surface area contributed by atoms with Crippen LogP contribution in [0.5, 0.6) is 5.75 Å². The van der Waals surface area contributed by atoms with E-state index in [4.69, 9.17) is 4.74 Å². The lowest BCUT2D eigenvalue weighted by atomic mass is 10.2. The van der Waals surface area contributed by atoms with Crippen LogP contribution in [0.25, 0.3) is 0 Å². The molecule has 1 heterocycles. The summed E-state index contributed by atoms with van der Waals surface area (Å²) in [6.07, 6.45) is -0.690. The van der Waals surface area contributed by atoms with E-state index in [9.17, 15) is 9.18 Å². The number of para-hydroxylation sites is 3. The smallest absolute Gasteiger partial charge is 0.267 e. The summed E-state index contributed by atoms with van der Waals surface area (Å²) in [5, 5.41) is 5.65. The predicted octanol–water partition coefficient (Wildman–Crippen LogP) is 2.64. The Morgan fingerprint density at radius 3 is 2.80 bits per heavy atom. The molecule has 0 bridgehead atoms. The summed E-state index contributed by atoms with van der Waals surface area (Å²) >= 11 is 0. The summed E-state index contributed by atoms with van der Waals surface area (Å²) in [7, 11) is 0. The zero-order valence-electron chi connectivity index (χ0n) is 10.6. The molecule has 5 heteroatoms. The first-order chi connectivity index (χ1) is 9.74. The van der Waals surface area contributed by atoms with E-state index >= 15 is 0 Å². The van der Waals surface area contributed by atoms with Gasteiger partial charge in [-0.3, -0.25) is 4.79 Å². The Balaban J connectivity index is 1.72. The molecule has 0 saturated carbocycles. The van der Waals surface area contributed by atoms with Crippen molar-refractivity contribution in [1.29, 1.82) is 0 Å². The van der Waals surface area contributed by atoms with Crippen LogP contribution in [0.1, 0.15) is 0 Å². The monoisotopic (exact) mass is 272 g/mol. The molecule has 0 aromatic heterocycles. The van der Waals surface area contributed by atoms with Crippen LogP contribution >= 0.6 is 0 Å². The summed E-state index contributed by atoms with van der Waals surface area (Å²) in [5.74, 6) is -0.227. The molecule has 0 radical (unpaired) electrons. The van der Waals surface area contributed by atoms with Crippen molar-refractivity contribution in [3.8, 4) is 5.75 Å². The van der Waals surface area contributed by atoms with E-state index in [0.29, 0.717) is 12.3 Å². The molecule has 0 saturated heterocycles. The molecule has 1 amide bonds. The average Bonchev–Trinajstić information content (AvgIpc) is 2.49. The van der Waals surface area contributed by atoms with Gasteiger partial charge in [0.05, 0.1) is 17.9 Å². The van der Waals surface area contributed by atoms with Crippen LogP contribution in [0.2, 0.25) is 0 Å². The van der Waals surface area contributed by atoms with Crippen molar-refractivity contribution >= 4 is 17.3 Å². The Morgan fingerprint density at radius 2 is 1.95 bits per heavy atom. The first-order valence-corrected chi connectivity index (χ1v) is 6.29. The van der Waals surface area contributed by atoms with Gasteiger partial charge in [0.1, 0.15) is 11.6 Å². The molecule has 1 aliphatic heterocycles. The van der Waals surface area contributed by atoms with Crippen LogP contribution < -0.4 is 15.4 Å². The van der Waals surface area contributed by atoms with Gasteiger partial charge in [-0.25, -0.2) is 4.39 Å². The van der Waals surface area contributed by atoms with Gasteiger partial charge < -0.3 is 15.4 Å². The lowest BCUT2D eigenvalue weighted by Crippen LogP contribution is -2.41. The van der Waals surface area contributed by atoms with E-state index < -0.39 is 11.9 Å². The minimum absolute atomic E-state index is 0.153. The number of hydrogen-bond donors (Lipinski definition) is 2. The number of amides is 1. The van der Waals surface area contributed by atoms with Gasteiger partial charge in [0.2, 0.25) is 0 Å². The molecule has 2 N–H and O–H groups in total. The second-order valence-corrected chi connectivity index (χ2v) is 4.45. The lowest BCUT2D eigenvalue weighted by molar-refractivity contribution is -0.122. The van der Waals surface area contributed by atoms with Gasteiger partial charge >= 0.3 is 0 Å². The molecule has 1 atom stereocenters. The van der Waals surface area contributed by atoms with Crippen LogP contribution in [-0.2, 0) is 4.79 Å². The van der Waals surface area contributed by atoms with Crippen LogP contribution in [0.4, 0.5) is 15.8 Å². The number of anilines is 2. The van der Waals surface area contributed by atoms with Gasteiger partial charge in [0, 0.05) is 0 Å². The summed E-state index contributed by atoms with van der Waals surface area (Å²) in [6, 6.07) is 13.4. The summed E-state index contributed by atoms with van der Waals surface area (Å²) in [5.41, 5.74) is 1.00. The number of nitrogens with one attached hydrogen (secondary N) is 2. The Hall–Kier alpha value is -2.56. The second-order valence-electron chi connectivity index (χ2n) is 4.45. The van der Waals surface area contributed by atoms with E-state index in [2.05, 4.69) is 10.6 Å². The van der Waals surface area contributed by atoms with Crippen molar-refractivity contribution < 1.29 is 13.9 Å². The van der Waals surface area contributed by atoms with Crippen molar-refractivity contribution in [2.24, 2.45) is 0 Å². The third-order valence-corrected chi connectivity index (χ3v) is 3.06. The molecule has 0 fully saturated rings. The Labute approximate surface area is 115 Å². The number of carbonyl (C=O) groups excluding carboxylic acids is 1. The van der Waals surface area contributed by atoms with E-state index in [-0.39, 0.29) is 11.6 Å². The van der Waals surface area contributed by atoms with Gasteiger partial charge in [-0.1, -0.05) is 24.3 Å². The number of ether oxygens (including phenoxy) is 1. The standard InChI is InChI=1S/C15H13FN2O2/c16-10-5-1-2-6-11(10)18-15(19)14-9-17-12-7-3-4-8-13(12)20-14/h1-8,14,17H,9H2,(H,18,19). The molecule has 0 aliphatic carbocycles. The highest BCUT2D eigenvalue weighted by atomic mass is 19.1. The maximum atomic E-state index is 13.5. The highest BCUT2D eigenvalue weighted by Crippen LogP contribution is 2.28. The summed E-state index contributed by atoms with van der Waals surface area (Å²) in [6.45, 7) is 0.345. The van der Waals surface area contributed by atoms with E-state index in [1.165, 1.54) is 12.1 Å². The number of hydrogen-bond acceptors (Lipinski definition) is 3. The third-order valence-electron chi connectivity index (χ3n) is 3.06. The minimum atomic E-state index is -0.690. The van der Waals surface area contributed by atoms with Crippen molar-refractivity contribution in [3.63, 3.8) is 0 Å². The van der Waals surface area contributed by atoms with Gasteiger partial charge in [0.15, 0.2) is 6.10 Å². The van der Waals surface area contributed by atoms with E-state index in [0.717, 1.165) is 5.69 Å². The first kappa shape index (κ1) is 12.5. The topological polar surface area (TPSA) is 50.4 Å². The molecular formula is C15H13FN2O2. The van der Waals surface area contributed by atoms with Crippen molar-refractivity contribution in [3.05, 3.63) is 54.3 Å². The predicted molar refractivity (Wildman–Crippen MR) is 74.4 cm³/mol. The fourth-order valence-corrected chi connectivity index (χ4v) is 2.04.